The van der Waals surface area contributed by atoms with Gasteiger partial charge in [0.2, 0.25) is 6.41 Å². The lowest BCUT2D eigenvalue weighted by atomic mass is 10.1. The molecule has 1 saturated heterocycles. The number of carbonyl (C=O) groups is 1. The first-order valence-corrected chi connectivity index (χ1v) is 5.78. The fourth-order valence-corrected chi connectivity index (χ4v) is 1.96. The van der Waals surface area contributed by atoms with Crippen molar-refractivity contribution >= 4 is 6.41 Å². The predicted molar refractivity (Wildman–Crippen MR) is 58.2 cm³/mol. The third kappa shape index (κ3) is 4.09. The van der Waals surface area contributed by atoms with E-state index in [1.165, 1.54) is 32.4 Å². The van der Waals surface area contributed by atoms with Gasteiger partial charge in [0.1, 0.15) is 0 Å². The molecule has 1 aliphatic heterocycles. The molecule has 14 heavy (non-hydrogen) atoms. The van der Waals surface area contributed by atoms with E-state index >= 15 is 0 Å². The maximum absolute atomic E-state index is 10.7. The zero-order valence-electron chi connectivity index (χ0n) is 9.24. The highest BCUT2D eigenvalue weighted by Gasteiger charge is 2.10. The molecule has 1 aliphatic rings. The van der Waals surface area contributed by atoms with E-state index in [9.17, 15) is 4.79 Å². The van der Waals surface area contributed by atoms with Crippen molar-refractivity contribution in [1.82, 2.24) is 9.80 Å². The molecule has 0 spiro atoms. The first-order chi connectivity index (χ1) is 6.86. The predicted octanol–water partition coefficient (Wildman–Crippen LogP) is 1.34. The van der Waals surface area contributed by atoms with Crippen molar-refractivity contribution in [3.63, 3.8) is 0 Å². The maximum atomic E-state index is 10.7. The van der Waals surface area contributed by atoms with Crippen LogP contribution in [0.25, 0.3) is 0 Å². The van der Waals surface area contributed by atoms with Gasteiger partial charge in [0.15, 0.2) is 0 Å². The van der Waals surface area contributed by atoms with E-state index in [1.807, 2.05) is 4.90 Å². The van der Waals surface area contributed by atoms with Crippen molar-refractivity contribution in [3.8, 4) is 0 Å². The summed E-state index contributed by atoms with van der Waals surface area (Å²) < 4.78 is 0. The summed E-state index contributed by atoms with van der Waals surface area (Å²) in [5.74, 6) is 0. The largest absolute Gasteiger partial charge is 0.344 e. The number of hydrogen-bond acceptors (Lipinski definition) is 2. The lowest BCUT2D eigenvalue weighted by Crippen LogP contribution is -2.37. The molecule has 3 nitrogen and oxygen atoms in total. The van der Waals surface area contributed by atoms with Crippen molar-refractivity contribution in [1.29, 1.82) is 0 Å². The second-order valence-electron chi connectivity index (χ2n) is 4.04. The molecule has 82 valence electrons. The van der Waals surface area contributed by atoms with Crippen LogP contribution in [0, 0.1) is 0 Å². The lowest BCUT2D eigenvalue weighted by molar-refractivity contribution is -0.118. The Morgan fingerprint density at radius 1 is 1.21 bits per heavy atom. The minimum atomic E-state index is 0.900. The molecule has 1 rings (SSSR count). The third-order valence-electron chi connectivity index (χ3n) is 2.81. The molecule has 1 amide bonds. The van der Waals surface area contributed by atoms with E-state index in [0.29, 0.717) is 0 Å². The smallest absolute Gasteiger partial charge is 0.209 e. The Kier molecular flexibility index (Phi) is 5.60. The average molecular weight is 198 g/mol. The van der Waals surface area contributed by atoms with Gasteiger partial charge in [-0.05, 0) is 32.4 Å². The maximum Gasteiger partial charge on any atom is 0.209 e. The molecule has 0 radical (unpaired) electrons. The highest BCUT2D eigenvalue weighted by molar-refractivity contribution is 5.46. The summed E-state index contributed by atoms with van der Waals surface area (Å²) in [5, 5.41) is 0. The molecular formula is C11H22N2O. The second kappa shape index (κ2) is 6.82. The minimum absolute atomic E-state index is 0.900. The fraction of sp³-hybridized carbons (Fsp3) is 0.909. The highest BCUT2D eigenvalue weighted by Crippen LogP contribution is 2.07. The highest BCUT2D eigenvalue weighted by atomic mass is 16.1. The van der Waals surface area contributed by atoms with Gasteiger partial charge in [0, 0.05) is 19.6 Å². The number of piperidine rings is 1. The normalized spacial score (nSPS) is 18.1. The molecule has 1 heterocycles. The van der Waals surface area contributed by atoms with Crippen LogP contribution in [0.4, 0.5) is 0 Å². The first-order valence-electron chi connectivity index (χ1n) is 5.78. The fourth-order valence-electron chi connectivity index (χ4n) is 1.96. The Morgan fingerprint density at radius 3 is 2.50 bits per heavy atom. The van der Waals surface area contributed by atoms with Crippen molar-refractivity contribution in [2.75, 3.05) is 32.7 Å². The summed E-state index contributed by atoms with van der Waals surface area (Å²) in [6, 6.07) is 0. The minimum Gasteiger partial charge on any atom is -0.344 e. The van der Waals surface area contributed by atoms with Gasteiger partial charge >= 0.3 is 0 Å². The number of hydrogen-bond donors (Lipinski definition) is 0. The molecular weight excluding hydrogens is 176 g/mol. The van der Waals surface area contributed by atoms with E-state index in [2.05, 4.69) is 11.8 Å². The summed E-state index contributed by atoms with van der Waals surface area (Å²) in [4.78, 5) is 15.0. The van der Waals surface area contributed by atoms with E-state index in [0.717, 1.165) is 32.5 Å². The number of carbonyl (C=O) groups excluding carboxylic acids is 1. The van der Waals surface area contributed by atoms with Crippen LogP contribution in [-0.4, -0.2) is 48.9 Å². The van der Waals surface area contributed by atoms with Crippen molar-refractivity contribution < 1.29 is 4.79 Å². The van der Waals surface area contributed by atoms with Gasteiger partial charge in [0.25, 0.3) is 0 Å². The SMILES string of the molecule is CCCN(C=O)CCN1CCCCC1. The zero-order valence-corrected chi connectivity index (χ0v) is 9.24. The standard InChI is InChI=1S/C11H22N2O/c1-2-6-13(11-14)10-9-12-7-4-3-5-8-12/h11H,2-10H2,1H3. The Balaban J connectivity index is 2.13. The van der Waals surface area contributed by atoms with Gasteiger partial charge in [-0.25, -0.2) is 0 Å². The number of likely N-dealkylation sites (tertiary alicyclic amines) is 1. The molecule has 0 aromatic rings. The van der Waals surface area contributed by atoms with Gasteiger partial charge in [0.05, 0.1) is 0 Å². The summed E-state index contributed by atoms with van der Waals surface area (Å²) in [6.07, 6.45) is 6.07. The molecule has 1 fully saturated rings. The Bertz CT molecular complexity index is 155. The average Bonchev–Trinajstić information content (AvgIpc) is 2.25. The van der Waals surface area contributed by atoms with Crippen LogP contribution in [0.1, 0.15) is 32.6 Å². The Labute approximate surface area is 87.1 Å². The van der Waals surface area contributed by atoms with E-state index < -0.39 is 0 Å². The zero-order chi connectivity index (χ0) is 10.2. The molecule has 0 aromatic heterocycles. The summed E-state index contributed by atoms with van der Waals surface area (Å²) >= 11 is 0. The topological polar surface area (TPSA) is 23.6 Å². The quantitative estimate of drug-likeness (QED) is 0.601. The third-order valence-corrected chi connectivity index (χ3v) is 2.81. The van der Waals surface area contributed by atoms with Crippen LogP contribution in [-0.2, 0) is 4.79 Å². The van der Waals surface area contributed by atoms with Crippen molar-refractivity contribution in [2.24, 2.45) is 0 Å². The molecule has 0 N–H and O–H groups in total. The number of amides is 1. The van der Waals surface area contributed by atoms with Gasteiger partial charge in [-0.15, -0.1) is 0 Å². The van der Waals surface area contributed by atoms with Gasteiger partial charge < -0.3 is 9.80 Å². The summed E-state index contributed by atoms with van der Waals surface area (Å²) in [5.41, 5.74) is 0. The van der Waals surface area contributed by atoms with E-state index in [-0.39, 0.29) is 0 Å². The first kappa shape index (κ1) is 11.5. The van der Waals surface area contributed by atoms with Crippen LogP contribution in [0.2, 0.25) is 0 Å². The van der Waals surface area contributed by atoms with E-state index in [1.54, 1.807) is 0 Å². The molecule has 0 aliphatic carbocycles. The van der Waals surface area contributed by atoms with Gasteiger partial charge in [-0.2, -0.15) is 0 Å². The van der Waals surface area contributed by atoms with Crippen LogP contribution in [0.3, 0.4) is 0 Å². The molecule has 0 aromatic carbocycles. The van der Waals surface area contributed by atoms with Gasteiger partial charge in [-0.1, -0.05) is 13.3 Å². The number of rotatable bonds is 6. The summed E-state index contributed by atoms with van der Waals surface area (Å²) in [7, 11) is 0. The van der Waals surface area contributed by atoms with E-state index in [4.69, 9.17) is 0 Å². The molecule has 0 unspecified atom stereocenters. The van der Waals surface area contributed by atoms with Crippen LogP contribution in [0.15, 0.2) is 0 Å². The van der Waals surface area contributed by atoms with Crippen molar-refractivity contribution in [2.45, 2.75) is 32.6 Å². The Morgan fingerprint density at radius 2 is 1.93 bits per heavy atom. The van der Waals surface area contributed by atoms with Crippen LogP contribution >= 0.6 is 0 Å². The second-order valence-corrected chi connectivity index (χ2v) is 4.04. The Hall–Kier alpha value is -0.570. The van der Waals surface area contributed by atoms with Gasteiger partial charge in [-0.3, -0.25) is 4.79 Å². The van der Waals surface area contributed by atoms with Crippen molar-refractivity contribution in [3.05, 3.63) is 0 Å². The monoisotopic (exact) mass is 198 g/mol. The van der Waals surface area contributed by atoms with Crippen LogP contribution < -0.4 is 0 Å². The molecule has 0 atom stereocenters. The molecule has 0 saturated carbocycles. The lowest BCUT2D eigenvalue weighted by Gasteiger charge is -2.28. The molecule has 3 heteroatoms. The van der Waals surface area contributed by atoms with Crippen LogP contribution in [0.5, 0.6) is 0 Å². The summed E-state index contributed by atoms with van der Waals surface area (Å²) in [6.45, 7) is 7.41. The molecule has 0 bridgehead atoms. The number of nitrogens with zero attached hydrogens (tertiary/aromatic N) is 2.